The molecule has 2 aromatic rings. The zero-order valence-electron chi connectivity index (χ0n) is 21.4. The van der Waals surface area contributed by atoms with Crippen molar-refractivity contribution in [3.63, 3.8) is 0 Å². The van der Waals surface area contributed by atoms with Crippen molar-refractivity contribution in [3.8, 4) is 5.75 Å². The van der Waals surface area contributed by atoms with Crippen LogP contribution in [0.15, 0.2) is 23.6 Å². The number of aliphatic hydroxyl groups is 1. The summed E-state index contributed by atoms with van der Waals surface area (Å²) in [6.45, 7) is 2.04. The van der Waals surface area contributed by atoms with E-state index in [0.29, 0.717) is 12.0 Å². The summed E-state index contributed by atoms with van der Waals surface area (Å²) in [6, 6.07) is 4.17. The first-order chi connectivity index (χ1) is 17.9. The van der Waals surface area contributed by atoms with Gasteiger partial charge < -0.3 is 15.9 Å². The van der Waals surface area contributed by atoms with Crippen LogP contribution in [0.25, 0.3) is 0 Å². The van der Waals surface area contributed by atoms with Gasteiger partial charge in [0.1, 0.15) is 5.75 Å². The minimum atomic E-state index is -2.71. The Morgan fingerprint density at radius 2 is 1.84 bits per heavy atom. The number of amides is 1. The average Bonchev–Trinajstić information content (AvgIpc) is 3.25. The van der Waals surface area contributed by atoms with Crippen molar-refractivity contribution in [2.45, 2.75) is 44.2 Å². The highest BCUT2D eigenvalue weighted by molar-refractivity contribution is 7.10. The number of Topliss-reactive ketones (excluding diaryl/α,β-unsaturated/α-hetero) is 4. The van der Waals surface area contributed by atoms with E-state index in [-0.39, 0.29) is 24.2 Å². The van der Waals surface area contributed by atoms with Gasteiger partial charge in [-0.3, -0.25) is 28.9 Å². The molecule has 3 aliphatic carbocycles. The van der Waals surface area contributed by atoms with Crippen LogP contribution in [0.1, 0.15) is 38.3 Å². The maximum absolute atomic E-state index is 13.9. The second-order valence-corrected chi connectivity index (χ2v) is 11.9. The predicted octanol–water partition coefficient (Wildman–Crippen LogP) is 1.02. The van der Waals surface area contributed by atoms with Crippen LogP contribution in [-0.4, -0.2) is 69.9 Å². The molecule has 0 saturated heterocycles. The number of thiophene rings is 1. The Hall–Kier alpha value is -3.21. The highest BCUT2D eigenvalue weighted by Crippen LogP contribution is 2.51. The van der Waals surface area contributed by atoms with Gasteiger partial charge in [-0.1, -0.05) is 6.07 Å². The summed E-state index contributed by atoms with van der Waals surface area (Å²) in [6.07, 6.45) is 1.71. The Morgan fingerprint density at radius 3 is 2.45 bits per heavy atom. The standard InChI is InChI=1S/C28H30N2O7S/c1-12-8-9-38-18(12)7-5-13-4-6-17(31)20-15(13)10-14-11-16-22(30(2)3)24(33)21(27(29)36)26(35)28(16,37)25(34)19(14)23(20)32/h4,6,8-9,14,16,19,21-22,31,37H,5,7,10-11H2,1-3H3,(H2,29,36). The molecular formula is C28H30N2O7S. The number of aryl methyl sites for hydroxylation is 3. The average molecular weight is 539 g/mol. The molecule has 2 saturated carbocycles. The van der Waals surface area contributed by atoms with E-state index in [0.717, 1.165) is 12.0 Å². The van der Waals surface area contributed by atoms with Crippen LogP contribution in [0.5, 0.6) is 5.75 Å². The number of nitrogens with two attached hydrogens (primary N) is 1. The summed E-state index contributed by atoms with van der Waals surface area (Å²) in [5, 5.41) is 24.3. The quantitative estimate of drug-likeness (QED) is 0.477. The van der Waals surface area contributed by atoms with Gasteiger partial charge in [0.25, 0.3) is 0 Å². The van der Waals surface area contributed by atoms with Gasteiger partial charge in [-0.2, -0.15) is 0 Å². The van der Waals surface area contributed by atoms with Crippen LogP contribution in [0.4, 0.5) is 0 Å². The van der Waals surface area contributed by atoms with Crippen LogP contribution in [0, 0.1) is 30.6 Å². The number of likely N-dealkylation sites (N-methyl/N-ethyl adjacent to an activating group) is 1. The molecule has 0 spiro atoms. The molecule has 0 bridgehead atoms. The summed E-state index contributed by atoms with van der Waals surface area (Å²) in [4.78, 5) is 68.9. The maximum atomic E-state index is 13.9. The van der Waals surface area contributed by atoms with Crippen LogP contribution in [-0.2, 0) is 38.4 Å². The molecular weight excluding hydrogens is 508 g/mol. The lowest BCUT2D eigenvalue weighted by atomic mass is 9.52. The van der Waals surface area contributed by atoms with Gasteiger partial charge in [0, 0.05) is 10.8 Å². The Labute approximate surface area is 223 Å². The lowest BCUT2D eigenvalue weighted by Crippen LogP contribution is -2.74. The molecule has 4 N–H and O–H groups in total. The van der Waals surface area contributed by atoms with E-state index in [4.69, 9.17) is 5.73 Å². The first kappa shape index (κ1) is 26.4. The minimum absolute atomic E-state index is 0.0389. The molecule has 6 atom stereocenters. The zero-order chi connectivity index (χ0) is 27.7. The molecule has 1 aromatic carbocycles. The molecule has 3 aliphatic rings. The van der Waals surface area contributed by atoms with Gasteiger partial charge in [-0.15, -0.1) is 11.3 Å². The van der Waals surface area contributed by atoms with Crippen molar-refractivity contribution in [2.24, 2.45) is 29.4 Å². The van der Waals surface area contributed by atoms with Crippen LogP contribution < -0.4 is 5.73 Å². The summed E-state index contributed by atoms with van der Waals surface area (Å²) < 4.78 is 0. The third kappa shape index (κ3) is 3.69. The van der Waals surface area contributed by atoms with Crippen LogP contribution >= 0.6 is 11.3 Å². The first-order valence-electron chi connectivity index (χ1n) is 12.6. The van der Waals surface area contributed by atoms with Gasteiger partial charge >= 0.3 is 0 Å². The van der Waals surface area contributed by atoms with Gasteiger partial charge in [-0.05, 0) is 86.8 Å². The number of carbonyl (C=O) groups excluding carboxylic acids is 5. The van der Waals surface area contributed by atoms with E-state index >= 15 is 0 Å². The molecule has 10 heteroatoms. The smallest absolute Gasteiger partial charge is 0.235 e. The summed E-state index contributed by atoms with van der Waals surface area (Å²) >= 11 is 1.66. The number of ketones is 4. The molecule has 1 amide bonds. The van der Waals surface area contributed by atoms with E-state index in [9.17, 15) is 34.2 Å². The Bertz CT molecular complexity index is 1400. The summed E-state index contributed by atoms with van der Waals surface area (Å²) in [5.41, 5.74) is 5.41. The van der Waals surface area contributed by atoms with Crippen molar-refractivity contribution in [1.82, 2.24) is 4.90 Å². The summed E-state index contributed by atoms with van der Waals surface area (Å²) in [7, 11) is 3.13. The number of carbonyl (C=O) groups is 5. The lowest BCUT2D eigenvalue weighted by Gasteiger charge is -2.52. The van der Waals surface area contributed by atoms with E-state index in [2.05, 4.69) is 0 Å². The Morgan fingerprint density at radius 1 is 1.13 bits per heavy atom. The number of hydrogen-bond acceptors (Lipinski definition) is 9. The molecule has 5 rings (SSSR count). The molecule has 2 fully saturated rings. The molecule has 1 aromatic heterocycles. The summed E-state index contributed by atoms with van der Waals surface area (Å²) in [5.74, 6) is -10.2. The number of benzene rings is 1. The number of phenols is 1. The molecule has 0 aliphatic heterocycles. The van der Waals surface area contributed by atoms with E-state index in [1.165, 1.54) is 21.4 Å². The van der Waals surface area contributed by atoms with Gasteiger partial charge in [0.05, 0.1) is 17.5 Å². The normalized spacial score (nSPS) is 30.7. The van der Waals surface area contributed by atoms with E-state index in [1.54, 1.807) is 31.5 Å². The van der Waals surface area contributed by atoms with Crippen LogP contribution in [0.3, 0.4) is 0 Å². The fourth-order valence-corrected chi connectivity index (χ4v) is 7.72. The zero-order valence-corrected chi connectivity index (χ0v) is 22.2. The highest BCUT2D eigenvalue weighted by atomic mass is 32.1. The molecule has 9 nitrogen and oxygen atoms in total. The topological polar surface area (TPSA) is 155 Å². The number of aromatic hydroxyl groups is 1. The fraction of sp³-hybridized carbons (Fsp3) is 0.464. The number of phenolic OH excluding ortho intramolecular Hbond substituents is 1. The van der Waals surface area contributed by atoms with Crippen molar-refractivity contribution in [2.75, 3.05) is 14.1 Å². The molecule has 1 heterocycles. The molecule has 0 radical (unpaired) electrons. The van der Waals surface area contributed by atoms with Gasteiger partial charge in [-0.25, -0.2) is 0 Å². The molecule has 200 valence electrons. The van der Waals surface area contributed by atoms with Crippen molar-refractivity contribution in [3.05, 3.63) is 50.7 Å². The number of primary amides is 1. The monoisotopic (exact) mass is 538 g/mol. The maximum Gasteiger partial charge on any atom is 0.235 e. The van der Waals surface area contributed by atoms with Crippen molar-refractivity contribution in [1.29, 1.82) is 0 Å². The largest absolute Gasteiger partial charge is 0.507 e. The Balaban J connectivity index is 1.57. The fourth-order valence-electron chi connectivity index (χ4n) is 6.81. The lowest BCUT2D eigenvalue weighted by molar-refractivity contribution is -0.181. The van der Waals surface area contributed by atoms with E-state index < -0.39 is 64.4 Å². The third-order valence-electron chi connectivity index (χ3n) is 8.63. The highest BCUT2D eigenvalue weighted by Gasteiger charge is 2.69. The third-order valence-corrected chi connectivity index (χ3v) is 9.71. The van der Waals surface area contributed by atoms with E-state index in [1.807, 2.05) is 18.4 Å². The number of hydrogen-bond donors (Lipinski definition) is 3. The minimum Gasteiger partial charge on any atom is -0.507 e. The number of fused-ring (bicyclic) bond motifs is 3. The second-order valence-electron chi connectivity index (χ2n) is 10.9. The number of nitrogens with zero attached hydrogens (tertiary/aromatic N) is 1. The van der Waals surface area contributed by atoms with Gasteiger partial charge in [0.2, 0.25) is 5.91 Å². The predicted molar refractivity (Wildman–Crippen MR) is 138 cm³/mol. The molecule has 6 unspecified atom stereocenters. The van der Waals surface area contributed by atoms with Gasteiger partial charge in [0.15, 0.2) is 34.7 Å². The Kier molecular flexibility index (Phi) is 6.40. The SMILES string of the molecule is Cc1ccsc1CCc1ccc(O)c2c1CC1CC3C(N(C)C)C(=O)C(C(N)=O)C(=O)C3(O)C(=O)C1C2=O. The van der Waals surface area contributed by atoms with Crippen LogP contribution in [0.2, 0.25) is 0 Å². The van der Waals surface area contributed by atoms with Crippen molar-refractivity contribution < 1.29 is 34.2 Å². The first-order valence-corrected chi connectivity index (χ1v) is 13.5. The second kappa shape index (κ2) is 9.21. The van der Waals surface area contributed by atoms with Crippen molar-refractivity contribution >= 4 is 40.4 Å². The molecule has 38 heavy (non-hydrogen) atoms. The number of rotatable bonds is 5.